The van der Waals surface area contributed by atoms with E-state index in [1.807, 2.05) is 0 Å². The Morgan fingerprint density at radius 3 is 1.94 bits per heavy atom. The predicted molar refractivity (Wildman–Crippen MR) is 122 cm³/mol. The molecule has 0 atom stereocenters. The summed E-state index contributed by atoms with van der Waals surface area (Å²) in [5.41, 5.74) is 1.27. The highest BCUT2D eigenvalue weighted by atomic mass is 16.5. The van der Waals surface area contributed by atoms with Crippen LogP contribution in [0.15, 0.2) is 72.8 Å². The Labute approximate surface area is 190 Å². The molecular formula is C24H25N3O6. The van der Waals surface area contributed by atoms with Crippen LogP contribution in [-0.2, 0) is 0 Å². The Hall–Kier alpha value is -4.05. The predicted octanol–water partition coefficient (Wildman–Crippen LogP) is 2.07. The number of hydrogen-bond acceptors (Lipinski definition) is 8. The minimum Gasteiger partial charge on any atom is -0.507 e. The first-order valence-electron chi connectivity index (χ1n) is 9.92. The van der Waals surface area contributed by atoms with Crippen molar-refractivity contribution in [3.05, 3.63) is 95.1 Å². The number of fused-ring (bicyclic) bond motifs is 1. The molecule has 0 aliphatic carbocycles. The lowest BCUT2D eigenvalue weighted by atomic mass is 10.0. The maximum absolute atomic E-state index is 12.5. The van der Waals surface area contributed by atoms with Gasteiger partial charge in [0.1, 0.15) is 11.5 Å². The Morgan fingerprint density at radius 1 is 0.909 bits per heavy atom. The van der Waals surface area contributed by atoms with Gasteiger partial charge >= 0.3 is 0 Å². The fourth-order valence-electron chi connectivity index (χ4n) is 3.03. The maximum atomic E-state index is 12.5. The van der Waals surface area contributed by atoms with Crippen molar-refractivity contribution in [1.29, 1.82) is 0 Å². The van der Waals surface area contributed by atoms with Gasteiger partial charge in [0, 0.05) is 18.2 Å². The molecule has 0 radical (unpaired) electrons. The molecule has 172 valence electrons. The monoisotopic (exact) mass is 451 g/mol. The molecule has 9 heteroatoms. The number of phenolic OH excluding ortho intramolecular Hbond substituents is 1. The smallest absolute Gasteiger partial charge is 0.264 e. The number of aromatic hydroxyl groups is 1. The summed E-state index contributed by atoms with van der Waals surface area (Å²) in [5, 5.41) is 17.8. The number of aliphatic hydroxyl groups excluding tert-OH is 1. The van der Waals surface area contributed by atoms with Crippen molar-refractivity contribution < 1.29 is 29.3 Å². The molecular weight excluding hydrogens is 426 g/mol. The largest absolute Gasteiger partial charge is 0.507 e. The first-order valence-corrected chi connectivity index (χ1v) is 9.92. The van der Waals surface area contributed by atoms with E-state index in [2.05, 4.69) is 11.7 Å². The topological polar surface area (TPSA) is 156 Å². The molecule has 2 amide bonds. The van der Waals surface area contributed by atoms with Crippen molar-refractivity contribution in [1.82, 2.24) is 4.90 Å². The summed E-state index contributed by atoms with van der Waals surface area (Å²) < 4.78 is 5.50. The van der Waals surface area contributed by atoms with Crippen LogP contribution in [0, 0.1) is 0 Å². The van der Waals surface area contributed by atoms with E-state index < -0.39 is 11.8 Å². The van der Waals surface area contributed by atoms with Gasteiger partial charge in [-0.25, -0.2) is 4.90 Å². The van der Waals surface area contributed by atoms with Crippen LogP contribution in [0.4, 0.5) is 0 Å². The SMILES string of the molecule is CCO.NN.O=C(c1ccccc1)c1ccc(OCN2C(=O)c3ccccc3C2=O)cc1O. The number of hydrogen-bond donors (Lipinski definition) is 4. The lowest BCUT2D eigenvalue weighted by Crippen LogP contribution is -2.33. The van der Waals surface area contributed by atoms with Crippen molar-refractivity contribution in [3.8, 4) is 11.5 Å². The molecule has 3 aromatic rings. The van der Waals surface area contributed by atoms with Crippen LogP contribution in [-0.4, -0.2) is 46.0 Å². The minimum atomic E-state index is -0.430. The lowest BCUT2D eigenvalue weighted by Gasteiger charge is -2.15. The highest BCUT2D eigenvalue weighted by molar-refractivity contribution is 6.21. The number of hydrazine groups is 1. The van der Waals surface area contributed by atoms with E-state index in [0.717, 1.165) is 4.90 Å². The Kier molecular flexibility index (Phi) is 9.25. The average Bonchev–Trinajstić information content (AvgIpc) is 3.09. The van der Waals surface area contributed by atoms with Gasteiger partial charge < -0.3 is 14.9 Å². The molecule has 0 fully saturated rings. The third-order valence-electron chi connectivity index (χ3n) is 4.49. The molecule has 9 nitrogen and oxygen atoms in total. The van der Waals surface area contributed by atoms with Crippen molar-refractivity contribution >= 4 is 17.6 Å². The van der Waals surface area contributed by atoms with Crippen molar-refractivity contribution in [3.63, 3.8) is 0 Å². The number of ketones is 1. The number of carbonyl (C=O) groups excluding carboxylic acids is 3. The molecule has 1 aliphatic rings. The van der Waals surface area contributed by atoms with E-state index in [-0.39, 0.29) is 36.2 Å². The van der Waals surface area contributed by atoms with Crippen LogP contribution in [0.2, 0.25) is 0 Å². The molecule has 0 saturated carbocycles. The summed E-state index contributed by atoms with van der Waals surface area (Å²) >= 11 is 0. The maximum Gasteiger partial charge on any atom is 0.264 e. The molecule has 3 aromatic carbocycles. The van der Waals surface area contributed by atoms with E-state index in [9.17, 15) is 19.5 Å². The number of rotatable bonds is 5. The molecule has 33 heavy (non-hydrogen) atoms. The van der Waals surface area contributed by atoms with E-state index in [4.69, 9.17) is 9.84 Å². The van der Waals surface area contributed by atoms with E-state index in [1.165, 1.54) is 18.2 Å². The van der Waals surface area contributed by atoms with Crippen LogP contribution < -0.4 is 16.4 Å². The number of ether oxygens (including phenoxy) is 1. The third kappa shape index (κ3) is 5.80. The molecule has 1 aliphatic heterocycles. The van der Waals surface area contributed by atoms with Crippen LogP contribution in [0.25, 0.3) is 0 Å². The van der Waals surface area contributed by atoms with Crippen molar-refractivity contribution in [2.24, 2.45) is 11.7 Å². The highest BCUT2D eigenvalue weighted by Gasteiger charge is 2.35. The van der Waals surface area contributed by atoms with Crippen LogP contribution in [0.3, 0.4) is 0 Å². The molecule has 0 spiro atoms. The number of phenols is 1. The molecule has 0 saturated heterocycles. The van der Waals surface area contributed by atoms with Crippen LogP contribution in [0.5, 0.6) is 11.5 Å². The number of imide groups is 1. The summed E-state index contributed by atoms with van der Waals surface area (Å²) in [5.74, 6) is 6.82. The number of carbonyl (C=O) groups is 3. The lowest BCUT2D eigenvalue weighted by molar-refractivity contribution is 0.0522. The number of nitrogens with zero attached hydrogens (tertiary/aromatic N) is 1. The minimum absolute atomic E-state index is 0.138. The second kappa shape index (κ2) is 12.1. The van der Waals surface area contributed by atoms with Crippen LogP contribution in [0.1, 0.15) is 43.6 Å². The van der Waals surface area contributed by atoms with Gasteiger partial charge in [-0.1, -0.05) is 42.5 Å². The molecule has 0 unspecified atom stereocenters. The van der Waals surface area contributed by atoms with E-state index >= 15 is 0 Å². The zero-order valence-corrected chi connectivity index (χ0v) is 18.0. The number of amides is 2. The van der Waals surface area contributed by atoms with Gasteiger partial charge in [-0.2, -0.15) is 0 Å². The first kappa shape index (κ1) is 25.2. The highest BCUT2D eigenvalue weighted by Crippen LogP contribution is 2.27. The average molecular weight is 451 g/mol. The molecule has 0 aromatic heterocycles. The summed E-state index contributed by atoms with van der Waals surface area (Å²) in [7, 11) is 0. The number of aliphatic hydroxyl groups is 1. The first-order chi connectivity index (χ1) is 16.0. The van der Waals surface area contributed by atoms with Gasteiger partial charge in [0.15, 0.2) is 12.5 Å². The number of benzene rings is 3. The van der Waals surface area contributed by atoms with Gasteiger partial charge in [0.05, 0.1) is 16.7 Å². The van der Waals surface area contributed by atoms with E-state index in [0.29, 0.717) is 16.7 Å². The zero-order valence-electron chi connectivity index (χ0n) is 18.0. The van der Waals surface area contributed by atoms with Gasteiger partial charge in [0.2, 0.25) is 0 Å². The van der Waals surface area contributed by atoms with E-state index in [1.54, 1.807) is 61.5 Å². The van der Waals surface area contributed by atoms with Gasteiger partial charge in [-0.05, 0) is 31.2 Å². The van der Waals surface area contributed by atoms with Gasteiger partial charge in [-0.3, -0.25) is 26.1 Å². The zero-order chi connectivity index (χ0) is 24.4. The van der Waals surface area contributed by atoms with Crippen molar-refractivity contribution in [2.75, 3.05) is 13.3 Å². The second-order valence-corrected chi connectivity index (χ2v) is 6.55. The fourth-order valence-corrected chi connectivity index (χ4v) is 3.03. The standard InChI is InChI=1S/C22H15NO5.C2H6O.H4N2/c24-19-12-15(10-11-18(19)20(25)14-6-2-1-3-7-14)28-13-23-21(26)16-8-4-5-9-17(16)22(23)27;1-2-3;1-2/h1-12,24H,13H2;3H,2H2,1H3;1-2H2. The normalized spacial score (nSPS) is 11.6. The van der Waals surface area contributed by atoms with Gasteiger partial charge in [-0.15, -0.1) is 0 Å². The quantitative estimate of drug-likeness (QED) is 0.199. The summed E-state index contributed by atoms with van der Waals surface area (Å²) in [6.45, 7) is 1.64. The third-order valence-corrected chi connectivity index (χ3v) is 4.49. The number of nitrogens with two attached hydrogens (primary N) is 2. The fraction of sp³-hybridized carbons (Fsp3) is 0.125. The Balaban J connectivity index is 0.000000714. The Bertz CT molecular complexity index is 1080. The van der Waals surface area contributed by atoms with Crippen molar-refractivity contribution in [2.45, 2.75) is 6.92 Å². The summed E-state index contributed by atoms with van der Waals surface area (Å²) in [6.07, 6.45) is 0. The Morgan fingerprint density at radius 2 is 1.42 bits per heavy atom. The molecule has 6 N–H and O–H groups in total. The van der Waals surface area contributed by atoms with Gasteiger partial charge in [0.25, 0.3) is 11.8 Å². The summed E-state index contributed by atoms with van der Waals surface area (Å²) in [6, 6.07) is 19.4. The molecule has 4 rings (SSSR count). The van der Waals surface area contributed by atoms with Crippen LogP contribution >= 0.6 is 0 Å². The molecule has 0 bridgehead atoms. The second-order valence-electron chi connectivity index (χ2n) is 6.55. The summed E-state index contributed by atoms with van der Waals surface area (Å²) in [4.78, 5) is 38.1. The molecule has 1 heterocycles.